The van der Waals surface area contributed by atoms with Gasteiger partial charge in [-0.15, -0.1) is 0 Å². The van der Waals surface area contributed by atoms with Gasteiger partial charge in [-0.3, -0.25) is 4.79 Å². The van der Waals surface area contributed by atoms with Gasteiger partial charge in [-0.25, -0.2) is 4.39 Å². The highest BCUT2D eigenvalue weighted by Gasteiger charge is 2.68. The number of alkyl halides is 1. The molecule has 0 amide bonds. The van der Waals surface area contributed by atoms with Gasteiger partial charge in [0.2, 0.25) is 0 Å². The van der Waals surface area contributed by atoms with Crippen LogP contribution in [-0.2, 0) is 4.79 Å². The van der Waals surface area contributed by atoms with Crippen molar-refractivity contribution in [3.05, 3.63) is 0 Å². The van der Waals surface area contributed by atoms with E-state index in [4.69, 9.17) is 5.11 Å². The number of rotatable bonds is 2. The van der Waals surface area contributed by atoms with E-state index in [1.807, 2.05) is 0 Å². The summed E-state index contributed by atoms with van der Waals surface area (Å²) in [4.78, 5) is 10.5. The second-order valence-corrected chi connectivity index (χ2v) is 3.29. The molecule has 0 aromatic rings. The maximum Gasteiger partial charge on any atom is 0.313 e. The van der Waals surface area contributed by atoms with Crippen molar-refractivity contribution in [2.75, 3.05) is 0 Å². The molecule has 0 bridgehead atoms. The van der Waals surface area contributed by atoms with Gasteiger partial charge < -0.3 is 5.11 Å². The van der Waals surface area contributed by atoms with Gasteiger partial charge in [-0.1, -0.05) is 0 Å². The monoisotopic (exact) mass is 144 g/mol. The smallest absolute Gasteiger partial charge is 0.313 e. The summed E-state index contributed by atoms with van der Waals surface area (Å²) in [6.07, 6.45) is 1.02. The largest absolute Gasteiger partial charge is 0.481 e. The van der Waals surface area contributed by atoms with E-state index >= 15 is 0 Å². The zero-order valence-electron chi connectivity index (χ0n) is 5.51. The van der Waals surface area contributed by atoms with Crippen LogP contribution >= 0.6 is 0 Å². The molecule has 0 aromatic heterocycles. The van der Waals surface area contributed by atoms with Crippen LogP contribution in [0.5, 0.6) is 0 Å². The van der Waals surface area contributed by atoms with Crippen molar-refractivity contribution < 1.29 is 14.3 Å². The Morgan fingerprint density at radius 1 is 1.60 bits per heavy atom. The maximum atomic E-state index is 12.6. The minimum absolute atomic E-state index is 0.153. The lowest BCUT2D eigenvalue weighted by Gasteiger charge is -2.05. The van der Waals surface area contributed by atoms with E-state index in [0.29, 0.717) is 0 Å². The predicted octanol–water partition coefficient (Wildman–Crippen LogP) is 1.21. The molecule has 2 saturated carbocycles. The van der Waals surface area contributed by atoms with E-state index < -0.39 is 17.6 Å². The predicted molar refractivity (Wildman–Crippen MR) is 32.3 cm³/mol. The van der Waals surface area contributed by atoms with Crippen molar-refractivity contribution in [3.8, 4) is 0 Å². The Morgan fingerprint density at radius 3 is 2.20 bits per heavy atom. The normalized spacial score (nSPS) is 45.1. The van der Waals surface area contributed by atoms with Gasteiger partial charge in [0.05, 0.1) is 0 Å². The maximum absolute atomic E-state index is 12.6. The van der Waals surface area contributed by atoms with E-state index in [1.54, 1.807) is 0 Å². The summed E-state index contributed by atoms with van der Waals surface area (Å²) < 4.78 is 12.6. The Bertz CT molecular complexity index is 188. The Balaban J connectivity index is 2.16. The SMILES string of the molecule is O=C(O)[C@]1(C2CC2)CC1F. The van der Waals surface area contributed by atoms with E-state index in [0.717, 1.165) is 12.8 Å². The Morgan fingerprint density at radius 2 is 2.10 bits per heavy atom. The van der Waals surface area contributed by atoms with Crippen LogP contribution in [0.25, 0.3) is 0 Å². The van der Waals surface area contributed by atoms with E-state index in [-0.39, 0.29) is 12.3 Å². The molecule has 0 radical (unpaired) electrons. The highest BCUT2D eigenvalue weighted by Crippen LogP contribution is 2.62. The quantitative estimate of drug-likeness (QED) is 0.632. The van der Waals surface area contributed by atoms with Gasteiger partial charge in [0, 0.05) is 0 Å². The first-order valence-corrected chi connectivity index (χ1v) is 3.55. The summed E-state index contributed by atoms with van der Waals surface area (Å²) in [6, 6.07) is 0. The third-order valence-electron chi connectivity index (χ3n) is 2.62. The van der Waals surface area contributed by atoms with Crippen molar-refractivity contribution in [1.29, 1.82) is 0 Å². The first-order chi connectivity index (χ1) is 4.68. The van der Waals surface area contributed by atoms with E-state index in [9.17, 15) is 9.18 Å². The molecule has 2 nitrogen and oxygen atoms in total. The summed E-state index contributed by atoms with van der Waals surface area (Å²) in [5.74, 6) is -0.775. The molecule has 0 spiro atoms. The number of aliphatic carboxylic acids is 1. The fourth-order valence-corrected chi connectivity index (χ4v) is 1.65. The second kappa shape index (κ2) is 1.52. The molecule has 0 aromatic carbocycles. The summed E-state index contributed by atoms with van der Waals surface area (Å²) in [7, 11) is 0. The number of hydrogen-bond acceptors (Lipinski definition) is 1. The molecule has 56 valence electrons. The molecule has 0 heterocycles. The number of carboxylic acids is 1. The van der Waals surface area contributed by atoms with Crippen molar-refractivity contribution in [2.24, 2.45) is 11.3 Å². The molecule has 3 heteroatoms. The van der Waals surface area contributed by atoms with Crippen molar-refractivity contribution >= 4 is 5.97 Å². The standard InChI is InChI=1S/C7H9FO2/c8-5-3-7(5,6(9)10)4-1-2-4/h4-5H,1-3H2,(H,9,10)/t5?,7-/m0/s1. The summed E-state index contributed by atoms with van der Waals surface area (Å²) >= 11 is 0. The van der Waals surface area contributed by atoms with Crippen LogP contribution in [0.2, 0.25) is 0 Å². The molecule has 2 fully saturated rings. The van der Waals surface area contributed by atoms with E-state index in [1.165, 1.54) is 0 Å². The highest BCUT2D eigenvalue weighted by atomic mass is 19.1. The van der Waals surface area contributed by atoms with Crippen LogP contribution in [-0.4, -0.2) is 17.2 Å². The Labute approximate surface area is 58.0 Å². The molecular weight excluding hydrogens is 135 g/mol. The lowest BCUT2D eigenvalue weighted by atomic mass is 10.0. The molecule has 2 aliphatic carbocycles. The minimum Gasteiger partial charge on any atom is -0.481 e. The third-order valence-corrected chi connectivity index (χ3v) is 2.62. The molecule has 1 N–H and O–H groups in total. The average Bonchev–Trinajstić information content (AvgIpc) is 2.55. The van der Waals surface area contributed by atoms with Gasteiger partial charge in [-0.2, -0.15) is 0 Å². The first kappa shape index (κ1) is 6.13. The summed E-state index contributed by atoms with van der Waals surface area (Å²) in [5.41, 5.74) is -0.931. The molecule has 2 atom stereocenters. The van der Waals surface area contributed by atoms with Crippen molar-refractivity contribution in [1.82, 2.24) is 0 Å². The van der Waals surface area contributed by atoms with Crippen molar-refractivity contribution in [2.45, 2.75) is 25.4 Å². The number of halogens is 1. The summed E-state index contributed by atoms with van der Waals surface area (Å²) in [6.45, 7) is 0. The molecule has 0 saturated heterocycles. The average molecular weight is 144 g/mol. The fraction of sp³-hybridized carbons (Fsp3) is 0.857. The lowest BCUT2D eigenvalue weighted by Crippen LogP contribution is -2.20. The number of carboxylic acid groups (broad SMARTS) is 1. The Kier molecular flexibility index (Phi) is 0.932. The zero-order valence-corrected chi connectivity index (χ0v) is 5.51. The van der Waals surface area contributed by atoms with Gasteiger partial charge in [0.1, 0.15) is 11.6 Å². The second-order valence-electron chi connectivity index (χ2n) is 3.29. The highest BCUT2D eigenvalue weighted by molar-refractivity contribution is 5.80. The minimum atomic E-state index is -1.06. The molecule has 1 unspecified atom stereocenters. The molecule has 2 rings (SSSR count). The first-order valence-electron chi connectivity index (χ1n) is 3.55. The molecule has 0 aliphatic heterocycles. The summed E-state index contributed by atoms with van der Waals surface area (Å²) in [5, 5.41) is 8.64. The van der Waals surface area contributed by atoms with Crippen LogP contribution < -0.4 is 0 Å². The molecular formula is C7H9FO2. The fourth-order valence-electron chi connectivity index (χ4n) is 1.65. The van der Waals surface area contributed by atoms with Gasteiger partial charge >= 0.3 is 5.97 Å². The third kappa shape index (κ3) is 0.554. The lowest BCUT2D eigenvalue weighted by molar-refractivity contribution is -0.145. The topological polar surface area (TPSA) is 37.3 Å². The zero-order chi connectivity index (χ0) is 7.35. The van der Waals surface area contributed by atoms with Crippen molar-refractivity contribution in [3.63, 3.8) is 0 Å². The van der Waals surface area contributed by atoms with Crippen LogP contribution in [0.3, 0.4) is 0 Å². The van der Waals surface area contributed by atoms with Crippen LogP contribution in [0.1, 0.15) is 19.3 Å². The van der Waals surface area contributed by atoms with Crippen LogP contribution in [0.15, 0.2) is 0 Å². The van der Waals surface area contributed by atoms with Gasteiger partial charge in [-0.05, 0) is 25.2 Å². The van der Waals surface area contributed by atoms with Gasteiger partial charge in [0.15, 0.2) is 0 Å². The van der Waals surface area contributed by atoms with E-state index in [2.05, 4.69) is 0 Å². The number of carbonyl (C=O) groups is 1. The Hall–Kier alpha value is -0.600. The van der Waals surface area contributed by atoms with Gasteiger partial charge in [0.25, 0.3) is 0 Å². The van der Waals surface area contributed by atoms with Crippen LogP contribution in [0.4, 0.5) is 4.39 Å². The molecule has 10 heavy (non-hydrogen) atoms. The molecule has 2 aliphatic rings. The van der Waals surface area contributed by atoms with Crippen LogP contribution in [0, 0.1) is 11.3 Å². The number of hydrogen-bond donors (Lipinski definition) is 1.